The molecule has 0 fully saturated rings. The van der Waals surface area contributed by atoms with E-state index in [1.54, 1.807) is 0 Å². The topological polar surface area (TPSA) is 12.5 Å². The first-order chi connectivity index (χ1) is 10.7. The van der Waals surface area contributed by atoms with Gasteiger partial charge in [-0.2, -0.15) is 0 Å². The highest BCUT2D eigenvalue weighted by molar-refractivity contribution is 9.09. The summed E-state index contributed by atoms with van der Waals surface area (Å²) in [7, 11) is 4.21. The maximum absolute atomic E-state index is 5.70. The van der Waals surface area contributed by atoms with Crippen LogP contribution in [0.15, 0.2) is 24.3 Å². The molecule has 0 aliphatic heterocycles. The average molecular weight is 370 g/mol. The normalized spacial score (nSPS) is 11.3. The predicted molar refractivity (Wildman–Crippen MR) is 99.9 cm³/mol. The zero-order valence-electron chi connectivity index (χ0n) is 14.3. The van der Waals surface area contributed by atoms with Crippen LogP contribution in [0, 0.1) is 0 Å². The van der Waals surface area contributed by atoms with Crippen LogP contribution in [0.5, 0.6) is 0 Å². The number of nitrogens with zero attached hydrogens (tertiary/aromatic N) is 1. The predicted octanol–water partition coefficient (Wildman–Crippen LogP) is 5.04. The molecule has 0 heterocycles. The lowest BCUT2D eigenvalue weighted by Crippen LogP contribution is -2.10. The summed E-state index contributed by atoms with van der Waals surface area (Å²) < 4.78 is 5.70. The van der Waals surface area contributed by atoms with Crippen LogP contribution < -0.4 is 0 Å². The number of alkyl halides is 1. The van der Waals surface area contributed by atoms with Crippen LogP contribution in [0.2, 0.25) is 0 Å². The van der Waals surface area contributed by atoms with E-state index < -0.39 is 0 Å². The fourth-order valence-electron chi connectivity index (χ4n) is 2.46. The van der Waals surface area contributed by atoms with Gasteiger partial charge in [0.2, 0.25) is 0 Å². The van der Waals surface area contributed by atoms with Crippen LogP contribution in [-0.2, 0) is 17.7 Å². The van der Waals surface area contributed by atoms with Crippen molar-refractivity contribution in [2.24, 2.45) is 0 Å². The van der Waals surface area contributed by atoms with Gasteiger partial charge in [0.05, 0.1) is 0 Å². The molecular weight excluding hydrogens is 338 g/mol. The van der Waals surface area contributed by atoms with Gasteiger partial charge in [-0.3, -0.25) is 0 Å². The van der Waals surface area contributed by atoms with E-state index in [1.165, 1.54) is 49.7 Å². The van der Waals surface area contributed by atoms with Crippen molar-refractivity contribution in [3.8, 4) is 0 Å². The molecule has 0 aromatic heterocycles. The summed E-state index contributed by atoms with van der Waals surface area (Å²) in [6.07, 6.45) is 8.66. The Morgan fingerprint density at radius 3 is 2.05 bits per heavy atom. The zero-order chi connectivity index (χ0) is 16.0. The molecular formula is C19H32BrNO. The van der Waals surface area contributed by atoms with Gasteiger partial charge in [-0.05, 0) is 57.3 Å². The van der Waals surface area contributed by atoms with E-state index in [2.05, 4.69) is 59.2 Å². The van der Waals surface area contributed by atoms with Gasteiger partial charge in [-0.25, -0.2) is 0 Å². The van der Waals surface area contributed by atoms with Crippen molar-refractivity contribution in [1.82, 2.24) is 4.90 Å². The minimum atomic E-state index is 0.914. The fourth-order valence-corrected chi connectivity index (χ4v) is 2.86. The number of hydrogen-bond donors (Lipinski definition) is 0. The molecule has 0 bridgehead atoms. The summed E-state index contributed by atoms with van der Waals surface area (Å²) in [5.74, 6) is 0. The van der Waals surface area contributed by atoms with Gasteiger partial charge in [0.1, 0.15) is 0 Å². The zero-order valence-corrected chi connectivity index (χ0v) is 15.9. The average Bonchev–Trinajstić information content (AvgIpc) is 2.50. The highest BCUT2D eigenvalue weighted by Gasteiger charge is 1.97. The molecule has 1 rings (SSSR count). The molecule has 0 atom stereocenters. The molecule has 0 unspecified atom stereocenters. The molecule has 0 N–H and O–H groups in total. The van der Waals surface area contributed by atoms with E-state index in [9.17, 15) is 0 Å². The highest BCUT2D eigenvalue weighted by Crippen LogP contribution is 2.09. The Morgan fingerprint density at radius 1 is 0.818 bits per heavy atom. The monoisotopic (exact) mass is 369 g/mol. The van der Waals surface area contributed by atoms with Crippen LogP contribution in [0.3, 0.4) is 0 Å². The molecule has 126 valence electrons. The maximum Gasteiger partial charge on any atom is 0.0466 e. The second kappa shape index (κ2) is 13.1. The fraction of sp³-hybridized carbons (Fsp3) is 0.684. The third-order valence-corrected chi connectivity index (χ3v) is 4.26. The van der Waals surface area contributed by atoms with Gasteiger partial charge < -0.3 is 9.64 Å². The lowest BCUT2D eigenvalue weighted by Gasteiger charge is -2.10. The van der Waals surface area contributed by atoms with Crippen molar-refractivity contribution in [3.63, 3.8) is 0 Å². The Labute approximate surface area is 145 Å². The standard InChI is InChI=1S/C19H32BrNO/c1-21(2)17-19-12-10-18(11-13-19)9-5-8-16-22-15-7-4-3-6-14-20/h10-13H,3-9,14-17H2,1-2H3. The number of aryl methyl sites for hydroxylation is 1. The van der Waals surface area contributed by atoms with Crippen molar-refractivity contribution in [2.75, 3.05) is 32.6 Å². The Balaban J connectivity index is 1.98. The molecule has 1 aromatic carbocycles. The summed E-state index contributed by atoms with van der Waals surface area (Å²) >= 11 is 3.46. The van der Waals surface area contributed by atoms with Gasteiger partial charge in [-0.1, -0.05) is 53.0 Å². The second-order valence-corrected chi connectivity index (χ2v) is 7.02. The number of rotatable bonds is 13. The Bertz CT molecular complexity index is 364. The molecule has 0 spiro atoms. The molecule has 0 radical (unpaired) electrons. The van der Waals surface area contributed by atoms with Crippen molar-refractivity contribution < 1.29 is 4.74 Å². The second-order valence-electron chi connectivity index (χ2n) is 6.23. The first kappa shape index (κ1) is 19.7. The number of hydrogen-bond acceptors (Lipinski definition) is 2. The third kappa shape index (κ3) is 10.4. The molecule has 1 aromatic rings. The van der Waals surface area contributed by atoms with Gasteiger partial charge in [0.25, 0.3) is 0 Å². The SMILES string of the molecule is CN(C)Cc1ccc(CCCCOCCCCCCBr)cc1. The molecule has 0 saturated heterocycles. The maximum atomic E-state index is 5.70. The first-order valence-electron chi connectivity index (χ1n) is 8.58. The lowest BCUT2D eigenvalue weighted by molar-refractivity contribution is 0.126. The van der Waals surface area contributed by atoms with Crippen molar-refractivity contribution in [2.45, 2.75) is 51.5 Å². The van der Waals surface area contributed by atoms with Gasteiger partial charge >= 0.3 is 0 Å². The molecule has 22 heavy (non-hydrogen) atoms. The smallest absolute Gasteiger partial charge is 0.0466 e. The van der Waals surface area contributed by atoms with E-state index >= 15 is 0 Å². The number of benzene rings is 1. The van der Waals surface area contributed by atoms with Crippen LogP contribution in [0.1, 0.15) is 49.7 Å². The summed E-state index contributed by atoms with van der Waals surface area (Å²) in [4.78, 5) is 2.20. The van der Waals surface area contributed by atoms with Crippen molar-refractivity contribution >= 4 is 15.9 Å². The van der Waals surface area contributed by atoms with Crippen LogP contribution in [-0.4, -0.2) is 37.5 Å². The van der Waals surface area contributed by atoms with Crippen LogP contribution >= 0.6 is 15.9 Å². The number of halogens is 1. The van der Waals surface area contributed by atoms with E-state index in [0.29, 0.717) is 0 Å². The van der Waals surface area contributed by atoms with Gasteiger partial charge in [0, 0.05) is 25.1 Å². The van der Waals surface area contributed by atoms with E-state index in [-0.39, 0.29) is 0 Å². The first-order valence-corrected chi connectivity index (χ1v) is 9.71. The summed E-state index contributed by atoms with van der Waals surface area (Å²) in [6.45, 7) is 2.86. The summed E-state index contributed by atoms with van der Waals surface area (Å²) in [5.41, 5.74) is 2.83. The van der Waals surface area contributed by atoms with Crippen LogP contribution in [0.4, 0.5) is 0 Å². The van der Waals surface area contributed by atoms with Crippen molar-refractivity contribution in [1.29, 1.82) is 0 Å². The number of ether oxygens (including phenoxy) is 1. The largest absolute Gasteiger partial charge is 0.381 e. The highest BCUT2D eigenvalue weighted by atomic mass is 79.9. The number of unbranched alkanes of at least 4 members (excludes halogenated alkanes) is 4. The van der Waals surface area contributed by atoms with E-state index in [1.807, 2.05) is 0 Å². The molecule has 3 heteroatoms. The van der Waals surface area contributed by atoms with Gasteiger partial charge in [-0.15, -0.1) is 0 Å². The van der Waals surface area contributed by atoms with Crippen molar-refractivity contribution in [3.05, 3.63) is 35.4 Å². The minimum Gasteiger partial charge on any atom is -0.381 e. The minimum absolute atomic E-state index is 0.914. The third-order valence-electron chi connectivity index (χ3n) is 3.70. The van der Waals surface area contributed by atoms with E-state index in [0.717, 1.165) is 31.5 Å². The summed E-state index contributed by atoms with van der Waals surface area (Å²) in [6, 6.07) is 9.03. The molecule has 0 aliphatic rings. The van der Waals surface area contributed by atoms with E-state index in [4.69, 9.17) is 4.74 Å². The molecule has 0 amide bonds. The molecule has 2 nitrogen and oxygen atoms in total. The Morgan fingerprint density at radius 2 is 1.41 bits per heavy atom. The molecule has 0 aliphatic carbocycles. The Hall–Kier alpha value is -0.380. The van der Waals surface area contributed by atoms with Gasteiger partial charge in [0.15, 0.2) is 0 Å². The quantitative estimate of drug-likeness (QED) is 0.356. The van der Waals surface area contributed by atoms with Crippen LogP contribution in [0.25, 0.3) is 0 Å². The lowest BCUT2D eigenvalue weighted by atomic mass is 10.1. The molecule has 0 saturated carbocycles. The Kier molecular flexibility index (Phi) is 11.7. The summed E-state index contributed by atoms with van der Waals surface area (Å²) in [5, 5.41) is 1.13.